The molecular formula is C24H32N2O3S. The number of benzene rings is 1. The maximum absolute atomic E-state index is 10.7. The largest absolute Gasteiger partial charge is 0.748 e. The Bertz CT molecular complexity index is 919. The minimum Gasteiger partial charge on any atom is -0.748 e. The minimum atomic E-state index is -4.15. The Morgan fingerprint density at radius 2 is 1.40 bits per heavy atom. The average molecular weight is 429 g/mol. The van der Waals surface area contributed by atoms with Crippen LogP contribution in [0.3, 0.4) is 0 Å². The molecule has 0 aliphatic heterocycles. The van der Waals surface area contributed by atoms with Gasteiger partial charge in [0.15, 0.2) is 12.4 Å². The van der Waals surface area contributed by atoms with Crippen LogP contribution in [0.5, 0.6) is 0 Å². The van der Waals surface area contributed by atoms with Crippen molar-refractivity contribution >= 4 is 15.8 Å². The number of rotatable bonds is 11. The second kappa shape index (κ2) is 12.4. The predicted octanol–water partition coefficient (Wildman–Crippen LogP) is 3.72. The molecule has 0 radical (unpaired) electrons. The van der Waals surface area contributed by atoms with Crippen LogP contribution in [0, 0.1) is 11.8 Å². The van der Waals surface area contributed by atoms with Crippen molar-refractivity contribution < 1.29 is 17.5 Å². The molecule has 0 atom stereocenters. The molecule has 1 aromatic carbocycles. The first kappa shape index (κ1) is 23.9. The molecule has 1 heterocycles. The van der Waals surface area contributed by atoms with Crippen molar-refractivity contribution in [2.45, 2.75) is 52.5 Å². The first-order chi connectivity index (χ1) is 14.4. The molecule has 0 amide bonds. The quantitative estimate of drug-likeness (QED) is 0.311. The van der Waals surface area contributed by atoms with Gasteiger partial charge in [-0.1, -0.05) is 38.5 Å². The van der Waals surface area contributed by atoms with Crippen LogP contribution in [0.1, 0.15) is 57.1 Å². The number of nitrogens with zero attached hydrogens (tertiary/aromatic N) is 2. The minimum absolute atomic E-state index is 0.307. The summed E-state index contributed by atoms with van der Waals surface area (Å²) >= 11 is 0. The van der Waals surface area contributed by atoms with Crippen molar-refractivity contribution in [3.05, 3.63) is 59.9 Å². The number of aromatic nitrogens is 1. The Labute approximate surface area is 181 Å². The fourth-order valence-corrected chi connectivity index (χ4v) is 3.56. The zero-order chi connectivity index (χ0) is 21.8. The molecule has 0 aliphatic carbocycles. The summed E-state index contributed by atoms with van der Waals surface area (Å²) < 4.78 is 33.8. The summed E-state index contributed by atoms with van der Waals surface area (Å²) in [6, 6.07) is 12.2. The molecular weight excluding hydrogens is 396 g/mol. The Morgan fingerprint density at radius 1 is 0.867 bits per heavy atom. The molecule has 0 saturated heterocycles. The molecule has 162 valence electrons. The lowest BCUT2D eigenvalue weighted by Crippen LogP contribution is -2.33. The number of anilines is 1. The third kappa shape index (κ3) is 8.98. The third-order valence-electron chi connectivity index (χ3n) is 4.85. The van der Waals surface area contributed by atoms with Gasteiger partial charge in [0.25, 0.3) is 0 Å². The van der Waals surface area contributed by atoms with Gasteiger partial charge in [-0.2, -0.15) is 0 Å². The van der Waals surface area contributed by atoms with E-state index in [0.29, 0.717) is 13.0 Å². The van der Waals surface area contributed by atoms with Gasteiger partial charge in [-0.15, -0.1) is 0 Å². The average Bonchev–Trinajstić information content (AvgIpc) is 2.73. The molecule has 30 heavy (non-hydrogen) atoms. The van der Waals surface area contributed by atoms with Crippen molar-refractivity contribution in [2.75, 3.05) is 23.7 Å². The summed E-state index contributed by atoms with van der Waals surface area (Å²) in [5, 5.41) is 0. The van der Waals surface area contributed by atoms with E-state index >= 15 is 0 Å². The highest BCUT2D eigenvalue weighted by atomic mass is 32.2. The van der Waals surface area contributed by atoms with Gasteiger partial charge < -0.3 is 9.45 Å². The highest BCUT2D eigenvalue weighted by molar-refractivity contribution is 7.85. The van der Waals surface area contributed by atoms with Gasteiger partial charge in [-0.05, 0) is 37.1 Å². The Kier molecular flexibility index (Phi) is 9.85. The highest BCUT2D eigenvalue weighted by Crippen LogP contribution is 2.17. The molecule has 5 nitrogen and oxygen atoms in total. The van der Waals surface area contributed by atoms with E-state index in [1.807, 2.05) is 29.1 Å². The predicted molar refractivity (Wildman–Crippen MR) is 120 cm³/mol. The van der Waals surface area contributed by atoms with Crippen molar-refractivity contribution in [2.24, 2.45) is 0 Å². The SMILES string of the molecule is CCCCN(CCCC)c1ccc(C#Cc2cc[n+](CCCS(=O)(=O)[O-])cc2)cc1. The van der Waals surface area contributed by atoms with Gasteiger partial charge in [0, 0.05) is 54.2 Å². The van der Waals surface area contributed by atoms with E-state index in [9.17, 15) is 13.0 Å². The Hall–Kier alpha value is -2.36. The van der Waals surface area contributed by atoms with Gasteiger partial charge in [0.05, 0.1) is 10.1 Å². The monoisotopic (exact) mass is 428 g/mol. The fraction of sp³-hybridized carbons (Fsp3) is 0.458. The van der Waals surface area contributed by atoms with Crippen LogP contribution in [0.15, 0.2) is 48.8 Å². The summed E-state index contributed by atoms with van der Waals surface area (Å²) in [5.74, 6) is 6.02. The van der Waals surface area contributed by atoms with E-state index < -0.39 is 10.1 Å². The lowest BCUT2D eigenvalue weighted by atomic mass is 10.1. The van der Waals surface area contributed by atoms with Crippen LogP contribution in [-0.4, -0.2) is 31.8 Å². The number of hydrogen-bond donors (Lipinski definition) is 0. The Balaban J connectivity index is 1.97. The lowest BCUT2D eigenvalue weighted by Gasteiger charge is -2.24. The zero-order valence-corrected chi connectivity index (χ0v) is 18.8. The van der Waals surface area contributed by atoms with Crippen LogP contribution >= 0.6 is 0 Å². The van der Waals surface area contributed by atoms with E-state index in [0.717, 1.165) is 24.2 Å². The van der Waals surface area contributed by atoms with E-state index in [4.69, 9.17) is 0 Å². The van der Waals surface area contributed by atoms with E-state index in [1.54, 1.807) is 0 Å². The fourth-order valence-electron chi connectivity index (χ4n) is 3.08. The maximum atomic E-state index is 10.7. The molecule has 0 bridgehead atoms. The number of pyridine rings is 1. The summed E-state index contributed by atoms with van der Waals surface area (Å²) in [4.78, 5) is 2.46. The maximum Gasteiger partial charge on any atom is 0.170 e. The Morgan fingerprint density at radius 3 is 1.90 bits per heavy atom. The van der Waals surface area contributed by atoms with E-state index in [1.165, 1.54) is 31.4 Å². The lowest BCUT2D eigenvalue weighted by molar-refractivity contribution is -0.696. The smallest absolute Gasteiger partial charge is 0.170 e. The second-order valence-electron chi connectivity index (χ2n) is 7.43. The van der Waals surface area contributed by atoms with Crippen LogP contribution in [0.2, 0.25) is 0 Å². The molecule has 0 unspecified atom stereocenters. The molecule has 2 aromatic rings. The third-order valence-corrected chi connectivity index (χ3v) is 5.64. The highest BCUT2D eigenvalue weighted by Gasteiger charge is 2.05. The van der Waals surface area contributed by atoms with Crippen molar-refractivity contribution in [3.63, 3.8) is 0 Å². The molecule has 0 N–H and O–H groups in total. The summed E-state index contributed by atoms with van der Waals surface area (Å²) in [6.45, 7) is 7.11. The van der Waals surface area contributed by atoms with Gasteiger partial charge in [-0.3, -0.25) is 0 Å². The van der Waals surface area contributed by atoms with Crippen molar-refractivity contribution in [1.82, 2.24) is 0 Å². The van der Waals surface area contributed by atoms with Gasteiger partial charge in [0.1, 0.15) is 6.54 Å². The molecule has 1 aromatic heterocycles. The van der Waals surface area contributed by atoms with Crippen LogP contribution in [0.4, 0.5) is 5.69 Å². The zero-order valence-electron chi connectivity index (χ0n) is 18.0. The molecule has 6 heteroatoms. The van der Waals surface area contributed by atoms with Gasteiger partial charge in [0.2, 0.25) is 0 Å². The first-order valence-electron chi connectivity index (χ1n) is 10.7. The standard InChI is InChI=1S/C24H32N2O3S/c1-3-5-17-26(18-6-4-2)24-12-10-22(11-13-24)8-9-23-14-19-25(20-15-23)16-7-21-30(27,28)29/h10-15,19-20H,3-7,16-18,21H2,1-2H3. The molecule has 0 fully saturated rings. The summed E-state index contributed by atoms with van der Waals surface area (Å²) in [5.41, 5.74) is 3.12. The van der Waals surface area contributed by atoms with E-state index in [2.05, 4.69) is 54.9 Å². The molecule has 0 spiro atoms. The second-order valence-corrected chi connectivity index (χ2v) is 8.95. The number of aryl methyl sites for hydroxylation is 1. The van der Waals surface area contributed by atoms with E-state index in [-0.39, 0.29) is 5.75 Å². The van der Waals surface area contributed by atoms with Gasteiger partial charge >= 0.3 is 0 Å². The number of unbranched alkanes of at least 4 members (excludes halogenated alkanes) is 2. The summed E-state index contributed by atoms with van der Waals surface area (Å²) in [6.07, 6.45) is 8.80. The normalized spacial score (nSPS) is 11.0. The molecule has 0 aliphatic rings. The van der Waals surface area contributed by atoms with Crippen LogP contribution < -0.4 is 9.47 Å². The number of hydrogen-bond acceptors (Lipinski definition) is 4. The van der Waals surface area contributed by atoms with Gasteiger partial charge in [-0.25, -0.2) is 13.0 Å². The van der Waals surface area contributed by atoms with Crippen LogP contribution in [-0.2, 0) is 16.7 Å². The molecule has 2 rings (SSSR count). The van der Waals surface area contributed by atoms with Crippen molar-refractivity contribution in [1.29, 1.82) is 0 Å². The molecule has 0 saturated carbocycles. The van der Waals surface area contributed by atoms with Crippen molar-refractivity contribution in [3.8, 4) is 11.8 Å². The first-order valence-corrected chi connectivity index (χ1v) is 12.3. The topological polar surface area (TPSA) is 64.3 Å². The summed E-state index contributed by atoms with van der Waals surface area (Å²) in [7, 11) is -4.15. The van der Waals surface area contributed by atoms with Crippen LogP contribution in [0.25, 0.3) is 0 Å².